The van der Waals surface area contributed by atoms with E-state index in [1.165, 1.54) is 0 Å². The molecule has 1 aromatic rings. The van der Waals surface area contributed by atoms with Gasteiger partial charge in [0.1, 0.15) is 5.82 Å². The number of anilines is 1. The number of hydrogen-bond acceptors (Lipinski definition) is 4. The zero-order chi connectivity index (χ0) is 15.8. The van der Waals surface area contributed by atoms with E-state index in [2.05, 4.69) is 48.0 Å². The van der Waals surface area contributed by atoms with Crippen molar-refractivity contribution in [2.75, 3.05) is 45.7 Å². The Morgan fingerprint density at radius 2 is 1.95 bits per heavy atom. The van der Waals surface area contributed by atoms with Crippen molar-refractivity contribution in [2.45, 2.75) is 26.8 Å². The van der Waals surface area contributed by atoms with Gasteiger partial charge in [-0.2, -0.15) is 0 Å². The third-order valence-corrected chi connectivity index (χ3v) is 3.50. The molecule has 1 aromatic heterocycles. The van der Waals surface area contributed by atoms with Crippen molar-refractivity contribution in [3.63, 3.8) is 0 Å². The minimum atomic E-state index is 0.649. The lowest BCUT2D eigenvalue weighted by atomic mass is 10.2. The number of pyridine rings is 1. The lowest BCUT2D eigenvalue weighted by Gasteiger charge is -2.21. The summed E-state index contributed by atoms with van der Waals surface area (Å²) >= 11 is 6.36. The van der Waals surface area contributed by atoms with Crippen molar-refractivity contribution in [2.24, 2.45) is 5.92 Å². The molecule has 0 amide bonds. The van der Waals surface area contributed by atoms with Crippen molar-refractivity contribution in [3.8, 4) is 0 Å². The van der Waals surface area contributed by atoms with Crippen LogP contribution in [0.1, 0.15) is 25.8 Å². The van der Waals surface area contributed by atoms with Gasteiger partial charge in [0.25, 0.3) is 0 Å². The van der Waals surface area contributed by atoms with Crippen LogP contribution in [-0.4, -0.2) is 50.7 Å². The van der Waals surface area contributed by atoms with Crippen LogP contribution in [0.15, 0.2) is 12.3 Å². The van der Waals surface area contributed by atoms with Gasteiger partial charge in [0, 0.05) is 26.3 Å². The van der Waals surface area contributed by atoms with Crippen LogP contribution in [0, 0.1) is 5.92 Å². The second-order valence-corrected chi connectivity index (χ2v) is 6.66. The summed E-state index contributed by atoms with van der Waals surface area (Å²) in [5, 5.41) is 4.13. The number of hydrogen-bond donors (Lipinski definition) is 1. The molecule has 0 unspecified atom stereocenters. The molecule has 0 saturated carbocycles. The first-order valence-corrected chi connectivity index (χ1v) is 7.99. The molecular weight excluding hydrogens is 284 g/mol. The predicted molar refractivity (Wildman–Crippen MR) is 92.2 cm³/mol. The van der Waals surface area contributed by atoms with Crippen LogP contribution in [0.2, 0.25) is 5.02 Å². The number of aromatic nitrogens is 1. The fourth-order valence-electron chi connectivity index (χ4n) is 2.08. The average molecular weight is 313 g/mol. The van der Waals surface area contributed by atoms with Gasteiger partial charge >= 0.3 is 0 Å². The van der Waals surface area contributed by atoms with Crippen molar-refractivity contribution in [1.82, 2.24) is 15.2 Å². The van der Waals surface area contributed by atoms with E-state index in [4.69, 9.17) is 11.6 Å². The SMILES string of the molecule is CC(C)CNCc1cnc(N(C)CCCN(C)C)c(Cl)c1. The van der Waals surface area contributed by atoms with Crippen molar-refractivity contribution >= 4 is 17.4 Å². The molecule has 1 rings (SSSR count). The molecule has 4 nitrogen and oxygen atoms in total. The highest BCUT2D eigenvalue weighted by molar-refractivity contribution is 6.33. The van der Waals surface area contributed by atoms with Gasteiger partial charge in [-0.15, -0.1) is 0 Å². The molecule has 0 aliphatic rings. The molecule has 0 aromatic carbocycles. The normalized spacial score (nSPS) is 11.4. The molecule has 0 aliphatic heterocycles. The van der Waals surface area contributed by atoms with Crippen LogP contribution in [0.25, 0.3) is 0 Å². The quantitative estimate of drug-likeness (QED) is 0.760. The summed E-state index contributed by atoms with van der Waals surface area (Å²) in [4.78, 5) is 8.82. The van der Waals surface area contributed by atoms with Gasteiger partial charge in [0.2, 0.25) is 0 Å². The van der Waals surface area contributed by atoms with E-state index < -0.39 is 0 Å². The Balaban J connectivity index is 2.52. The van der Waals surface area contributed by atoms with Crippen molar-refractivity contribution in [3.05, 3.63) is 22.8 Å². The third-order valence-electron chi connectivity index (χ3n) is 3.22. The molecule has 0 aliphatic carbocycles. The summed E-state index contributed by atoms with van der Waals surface area (Å²) in [6, 6.07) is 2.01. The molecule has 5 heteroatoms. The van der Waals surface area contributed by atoms with Crippen LogP contribution in [0.5, 0.6) is 0 Å². The van der Waals surface area contributed by atoms with Gasteiger partial charge < -0.3 is 15.1 Å². The Morgan fingerprint density at radius 1 is 1.24 bits per heavy atom. The van der Waals surface area contributed by atoms with Gasteiger partial charge in [-0.05, 0) is 51.2 Å². The molecule has 0 fully saturated rings. The van der Waals surface area contributed by atoms with Gasteiger partial charge in [0.15, 0.2) is 0 Å². The second kappa shape index (κ2) is 9.23. The molecule has 0 radical (unpaired) electrons. The van der Waals surface area contributed by atoms with Gasteiger partial charge in [0.05, 0.1) is 5.02 Å². The molecular formula is C16H29ClN4. The highest BCUT2D eigenvalue weighted by Gasteiger charge is 2.09. The molecule has 1 heterocycles. The summed E-state index contributed by atoms with van der Waals surface area (Å²) in [5.74, 6) is 1.51. The Labute approximate surface area is 134 Å². The van der Waals surface area contributed by atoms with Gasteiger partial charge in [-0.1, -0.05) is 25.4 Å². The van der Waals surface area contributed by atoms with E-state index in [-0.39, 0.29) is 0 Å². The molecule has 0 saturated heterocycles. The molecule has 0 bridgehead atoms. The lowest BCUT2D eigenvalue weighted by Crippen LogP contribution is -2.24. The Hall–Kier alpha value is -0.840. The second-order valence-electron chi connectivity index (χ2n) is 6.25. The topological polar surface area (TPSA) is 31.4 Å². The van der Waals surface area contributed by atoms with Gasteiger partial charge in [-0.25, -0.2) is 4.98 Å². The zero-order valence-corrected chi connectivity index (χ0v) is 14.7. The average Bonchev–Trinajstić information content (AvgIpc) is 2.37. The number of halogens is 1. The first-order chi connectivity index (χ1) is 9.90. The summed E-state index contributed by atoms with van der Waals surface area (Å²) in [7, 11) is 6.22. The fraction of sp³-hybridized carbons (Fsp3) is 0.688. The smallest absolute Gasteiger partial charge is 0.147 e. The fourth-order valence-corrected chi connectivity index (χ4v) is 2.42. The Kier molecular flexibility index (Phi) is 8.01. The first-order valence-electron chi connectivity index (χ1n) is 7.61. The van der Waals surface area contributed by atoms with Crippen LogP contribution in [-0.2, 0) is 6.54 Å². The molecule has 0 spiro atoms. The first kappa shape index (κ1) is 18.2. The molecule has 1 N–H and O–H groups in total. The van der Waals surface area contributed by atoms with E-state index in [0.29, 0.717) is 5.92 Å². The van der Waals surface area contributed by atoms with Crippen LogP contribution in [0.4, 0.5) is 5.82 Å². The summed E-state index contributed by atoms with van der Waals surface area (Å²) in [5.41, 5.74) is 1.13. The molecule has 120 valence electrons. The maximum absolute atomic E-state index is 6.36. The standard InChI is InChI=1S/C16H29ClN4/c1-13(2)10-18-11-14-9-15(17)16(19-12-14)21(5)8-6-7-20(3)4/h9,12-13,18H,6-8,10-11H2,1-5H3. The largest absolute Gasteiger partial charge is 0.358 e. The number of rotatable bonds is 9. The summed E-state index contributed by atoms with van der Waals surface area (Å²) in [6.07, 6.45) is 3.01. The van der Waals surface area contributed by atoms with Crippen LogP contribution in [0.3, 0.4) is 0 Å². The maximum atomic E-state index is 6.36. The molecule has 0 atom stereocenters. The molecule has 21 heavy (non-hydrogen) atoms. The maximum Gasteiger partial charge on any atom is 0.147 e. The third kappa shape index (κ3) is 7.11. The highest BCUT2D eigenvalue weighted by atomic mass is 35.5. The Morgan fingerprint density at radius 3 is 2.52 bits per heavy atom. The van der Waals surface area contributed by atoms with Crippen molar-refractivity contribution in [1.29, 1.82) is 0 Å². The summed E-state index contributed by atoms with van der Waals surface area (Å²) in [6.45, 7) is 8.24. The van der Waals surface area contributed by atoms with Gasteiger partial charge in [-0.3, -0.25) is 0 Å². The number of nitrogens with zero attached hydrogens (tertiary/aromatic N) is 3. The van der Waals surface area contributed by atoms with E-state index in [9.17, 15) is 0 Å². The van der Waals surface area contributed by atoms with Crippen LogP contribution < -0.4 is 10.2 Å². The Bertz CT molecular complexity index is 421. The van der Waals surface area contributed by atoms with Crippen LogP contribution >= 0.6 is 11.6 Å². The van der Waals surface area contributed by atoms with Crippen molar-refractivity contribution < 1.29 is 0 Å². The number of nitrogens with one attached hydrogen (secondary N) is 1. The van der Waals surface area contributed by atoms with E-state index >= 15 is 0 Å². The van der Waals surface area contributed by atoms with E-state index in [1.807, 2.05) is 19.3 Å². The summed E-state index contributed by atoms with van der Waals surface area (Å²) < 4.78 is 0. The lowest BCUT2D eigenvalue weighted by molar-refractivity contribution is 0.401. The van der Waals surface area contributed by atoms with E-state index in [1.54, 1.807) is 0 Å². The minimum Gasteiger partial charge on any atom is -0.358 e. The van der Waals surface area contributed by atoms with E-state index in [0.717, 1.165) is 49.0 Å². The minimum absolute atomic E-state index is 0.649. The highest BCUT2D eigenvalue weighted by Crippen LogP contribution is 2.23. The predicted octanol–water partition coefficient (Wildman–Crippen LogP) is 2.87. The zero-order valence-electron chi connectivity index (χ0n) is 14.0. The monoisotopic (exact) mass is 312 g/mol.